The highest BCUT2D eigenvalue weighted by molar-refractivity contribution is 7.15. The minimum Gasteiger partial charge on any atom is -0.398 e. The van der Waals surface area contributed by atoms with Crippen molar-refractivity contribution in [3.8, 4) is 0 Å². The smallest absolute Gasteiger partial charge is 0.259 e. The second kappa shape index (κ2) is 5.09. The molecule has 0 aliphatic heterocycles. The van der Waals surface area contributed by atoms with Crippen LogP contribution in [0.15, 0.2) is 18.2 Å². The maximum atomic E-state index is 12.9. The first-order chi connectivity index (χ1) is 8.60. The van der Waals surface area contributed by atoms with Gasteiger partial charge in [-0.2, -0.15) is 0 Å². The van der Waals surface area contributed by atoms with Crippen LogP contribution >= 0.6 is 11.3 Å². The summed E-state index contributed by atoms with van der Waals surface area (Å²) < 4.78 is 12.9. The van der Waals surface area contributed by atoms with Gasteiger partial charge in [0, 0.05) is 5.69 Å². The second-order valence-corrected chi connectivity index (χ2v) is 4.60. The van der Waals surface area contributed by atoms with Gasteiger partial charge in [0.05, 0.1) is 5.56 Å². The number of nitrogens with zero attached hydrogens (tertiary/aromatic N) is 2. The minimum atomic E-state index is -0.478. The monoisotopic (exact) mass is 266 g/mol. The van der Waals surface area contributed by atoms with Gasteiger partial charge in [0.15, 0.2) is 0 Å². The number of aryl methyl sites for hydroxylation is 1. The van der Waals surface area contributed by atoms with E-state index >= 15 is 0 Å². The van der Waals surface area contributed by atoms with E-state index in [-0.39, 0.29) is 11.3 Å². The van der Waals surface area contributed by atoms with Crippen LogP contribution in [0.3, 0.4) is 0 Å². The van der Waals surface area contributed by atoms with Gasteiger partial charge in [-0.15, -0.1) is 10.2 Å². The summed E-state index contributed by atoms with van der Waals surface area (Å²) in [6, 6.07) is 3.62. The van der Waals surface area contributed by atoms with Crippen molar-refractivity contribution < 1.29 is 9.18 Å². The molecular weight excluding hydrogens is 255 g/mol. The van der Waals surface area contributed by atoms with Gasteiger partial charge < -0.3 is 5.73 Å². The molecule has 94 valence electrons. The van der Waals surface area contributed by atoms with Crippen molar-refractivity contribution in [2.45, 2.75) is 13.3 Å². The minimum absolute atomic E-state index is 0.0905. The Morgan fingerprint density at radius 1 is 1.50 bits per heavy atom. The normalized spacial score (nSPS) is 10.3. The molecule has 5 nitrogen and oxygen atoms in total. The second-order valence-electron chi connectivity index (χ2n) is 3.54. The van der Waals surface area contributed by atoms with Gasteiger partial charge in [0.1, 0.15) is 10.8 Å². The molecule has 1 amide bonds. The van der Waals surface area contributed by atoms with Crippen LogP contribution in [0.2, 0.25) is 0 Å². The maximum Gasteiger partial charge on any atom is 0.259 e. The molecule has 0 spiro atoms. The van der Waals surface area contributed by atoms with Gasteiger partial charge in [-0.1, -0.05) is 18.3 Å². The van der Waals surface area contributed by atoms with E-state index in [4.69, 9.17) is 5.73 Å². The molecule has 1 aromatic heterocycles. The highest BCUT2D eigenvalue weighted by Gasteiger charge is 2.12. The molecule has 0 aliphatic rings. The molecule has 0 bridgehead atoms. The van der Waals surface area contributed by atoms with E-state index in [9.17, 15) is 9.18 Å². The van der Waals surface area contributed by atoms with Crippen molar-refractivity contribution >= 4 is 28.1 Å². The van der Waals surface area contributed by atoms with Gasteiger partial charge >= 0.3 is 0 Å². The molecule has 0 atom stereocenters. The fraction of sp³-hybridized carbons (Fsp3) is 0.182. The summed E-state index contributed by atoms with van der Waals surface area (Å²) in [6.45, 7) is 1.95. The van der Waals surface area contributed by atoms with Crippen LogP contribution < -0.4 is 11.1 Å². The van der Waals surface area contributed by atoms with Gasteiger partial charge in [-0.05, 0) is 24.6 Å². The standard InChI is InChI=1S/C11H11FN4OS/c1-2-9-15-16-11(18-9)14-10(17)7-4-3-6(12)5-8(7)13/h3-5H,2,13H2,1H3,(H,14,16,17). The summed E-state index contributed by atoms with van der Waals surface area (Å²) in [7, 11) is 0. The Kier molecular flexibility index (Phi) is 3.52. The molecule has 2 aromatic rings. The van der Waals surface area contributed by atoms with Gasteiger partial charge in [-0.3, -0.25) is 10.1 Å². The molecule has 2 rings (SSSR count). The highest BCUT2D eigenvalue weighted by atomic mass is 32.1. The predicted molar refractivity (Wildman–Crippen MR) is 68.1 cm³/mol. The molecule has 7 heteroatoms. The largest absolute Gasteiger partial charge is 0.398 e. The number of aromatic nitrogens is 2. The average molecular weight is 266 g/mol. The lowest BCUT2D eigenvalue weighted by atomic mass is 10.1. The Morgan fingerprint density at radius 2 is 2.28 bits per heavy atom. The third kappa shape index (κ3) is 2.62. The Balaban J connectivity index is 2.16. The molecule has 0 saturated carbocycles. The zero-order chi connectivity index (χ0) is 13.1. The quantitative estimate of drug-likeness (QED) is 0.833. The van der Waals surface area contributed by atoms with Gasteiger partial charge in [0.25, 0.3) is 5.91 Å². The van der Waals surface area contributed by atoms with E-state index in [0.29, 0.717) is 5.13 Å². The number of hydrogen-bond donors (Lipinski definition) is 2. The first-order valence-corrected chi connectivity index (χ1v) is 6.10. The van der Waals surface area contributed by atoms with Crippen LogP contribution in [-0.2, 0) is 6.42 Å². The van der Waals surface area contributed by atoms with Crippen LogP contribution in [0.5, 0.6) is 0 Å². The number of carbonyl (C=O) groups is 1. The van der Waals surface area contributed by atoms with E-state index in [2.05, 4.69) is 15.5 Å². The van der Waals surface area contributed by atoms with Crippen molar-refractivity contribution in [1.82, 2.24) is 10.2 Å². The summed E-state index contributed by atoms with van der Waals surface area (Å²) in [4.78, 5) is 11.9. The molecule has 0 unspecified atom stereocenters. The van der Waals surface area contributed by atoms with Crippen molar-refractivity contribution in [2.75, 3.05) is 11.1 Å². The first kappa shape index (κ1) is 12.4. The Labute approximate surface area is 107 Å². The molecule has 0 radical (unpaired) electrons. The van der Waals surface area contributed by atoms with Crippen LogP contribution in [0, 0.1) is 5.82 Å². The number of benzene rings is 1. The average Bonchev–Trinajstić information content (AvgIpc) is 2.76. The van der Waals surface area contributed by atoms with E-state index < -0.39 is 11.7 Å². The number of carbonyl (C=O) groups excluding carboxylic acids is 1. The van der Waals surface area contributed by atoms with Gasteiger partial charge in [-0.25, -0.2) is 4.39 Å². The van der Waals surface area contributed by atoms with Crippen LogP contribution in [0.25, 0.3) is 0 Å². The van der Waals surface area contributed by atoms with Crippen LogP contribution in [-0.4, -0.2) is 16.1 Å². The molecule has 18 heavy (non-hydrogen) atoms. The molecule has 1 heterocycles. The fourth-order valence-electron chi connectivity index (χ4n) is 1.35. The summed E-state index contributed by atoms with van der Waals surface area (Å²) >= 11 is 1.30. The Bertz CT molecular complexity index is 584. The summed E-state index contributed by atoms with van der Waals surface area (Å²) in [6.07, 6.45) is 0.756. The third-order valence-corrected chi connectivity index (χ3v) is 3.23. The summed E-state index contributed by atoms with van der Waals surface area (Å²) in [5, 5.41) is 11.5. The number of halogens is 1. The number of amides is 1. The van der Waals surface area contributed by atoms with Crippen molar-refractivity contribution in [1.29, 1.82) is 0 Å². The van der Waals surface area contributed by atoms with E-state index in [0.717, 1.165) is 17.5 Å². The zero-order valence-corrected chi connectivity index (χ0v) is 10.4. The van der Waals surface area contributed by atoms with Crippen LogP contribution in [0.4, 0.5) is 15.2 Å². The molecule has 0 aliphatic carbocycles. The lowest BCUT2D eigenvalue weighted by molar-refractivity contribution is 0.102. The van der Waals surface area contributed by atoms with E-state index in [1.165, 1.54) is 23.5 Å². The molecule has 1 aromatic carbocycles. The molecule has 3 N–H and O–H groups in total. The maximum absolute atomic E-state index is 12.9. The third-order valence-electron chi connectivity index (χ3n) is 2.25. The molecule has 0 saturated heterocycles. The zero-order valence-electron chi connectivity index (χ0n) is 9.61. The Hall–Kier alpha value is -2.02. The predicted octanol–water partition coefficient (Wildman–Crippen LogP) is 2.07. The van der Waals surface area contributed by atoms with Crippen molar-refractivity contribution in [2.24, 2.45) is 0 Å². The molecular formula is C11H11FN4OS. The van der Waals surface area contributed by atoms with Crippen LogP contribution in [0.1, 0.15) is 22.3 Å². The van der Waals surface area contributed by atoms with Gasteiger partial charge in [0.2, 0.25) is 5.13 Å². The SMILES string of the molecule is CCc1nnc(NC(=O)c2ccc(F)cc2N)s1. The van der Waals surface area contributed by atoms with E-state index in [1.807, 2.05) is 6.92 Å². The highest BCUT2D eigenvalue weighted by Crippen LogP contribution is 2.19. The number of nitrogens with two attached hydrogens (primary N) is 1. The number of nitrogen functional groups attached to an aromatic ring is 1. The van der Waals surface area contributed by atoms with Crippen molar-refractivity contribution in [3.05, 3.63) is 34.6 Å². The number of rotatable bonds is 3. The Morgan fingerprint density at radius 3 is 2.89 bits per heavy atom. The lowest BCUT2D eigenvalue weighted by Gasteiger charge is -2.04. The molecule has 0 fully saturated rings. The lowest BCUT2D eigenvalue weighted by Crippen LogP contribution is -2.14. The number of anilines is 2. The number of hydrogen-bond acceptors (Lipinski definition) is 5. The van der Waals surface area contributed by atoms with E-state index in [1.54, 1.807) is 0 Å². The summed E-state index contributed by atoms with van der Waals surface area (Å²) in [5.74, 6) is -0.903. The summed E-state index contributed by atoms with van der Waals surface area (Å²) in [5.41, 5.74) is 5.88. The topological polar surface area (TPSA) is 80.9 Å². The fourth-order valence-corrected chi connectivity index (χ4v) is 2.03. The van der Waals surface area contributed by atoms with Crippen molar-refractivity contribution in [3.63, 3.8) is 0 Å². The number of nitrogens with one attached hydrogen (secondary N) is 1. The first-order valence-electron chi connectivity index (χ1n) is 5.29.